The zero-order valence-corrected chi connectivity index (χ0v) is 13.6. The minimum Gasteiger partial charge on any atom is -0.456 e. The summed E-state index contributed by atoms with van der Waals surface area (Å²) in [5, 5.41) is 0. The van der Waals surface area contributed by atoms with Crippen LogP contribution in [0, 0.1) is 0 Å². The van der Waals surface area contributed by atoms with Crippen LogP contribution in [0.15, 0.2) is 45.6 Å². The zero-order valence-electron chi connectivity index (χ0n) is 10.4. The highest BCUT2D eigenvalue weighted by molar-refractivity contribution is 9.10. The zero-order chi connectivity index (χ0) is 13.8. The lowest BCUT2D eigenvalue weighted by atomic mass is 10.1. The Morgan fingerprint density at radius 3 is 2.63 bits per heavy atom. The Kier molecular flexibility index (Phi) is 4.96. The first kappa shape index (κ1) is 14.5. The molecule has 0 aliphatic rings. The van der Waals surface area contributed by atoms with E-state index < -0.39 is 0 Å². The van der Waals surface area contributed by atoms with E-state index in [1.54, 1.807) is 12.4 Å². The number of hydrogen-bond acceptors (Lipinski definition) is 3. The standard InChI is InChI=1S/C14H14Br2N2O/c1-9(17)4-10-2-3-12(6-14(10)16)19-13-5-11(15)7-18-8-13/h2-3,5-9H,4,17H2,1H3. The molecule has 1 heterocycles. The third-order valence-corrected chi connectivity index (χ3v) is 3.65. The minimum atomic E-state index is 0.136. The van der Waals surface area contributed by atoms with Crippen molar-refractivity contribution in [3.8, 4) is 11.5 Å². The van der Waals surface area contributed by atoms with E-state index in [0.717, 1.165) is 21.1 Å². The fraction of sp³-hybridized carbons (Fsp3) is 0.214. The number of nitrogens with zero attached hydrogens (tertiary/aromatic N) is 1. The molecule has 3 nitrogen and oxygen atoms in total. The molecule has 0 aliphatic carbocycles. The maximum Gasteiger partial charge on any atom is 0.146 e. The van der Waals surface area contributed by atoms with Gasteiger partial charge in [0, 0.05) is 21.2 Å². The Labute approximate surface area is 129 Å². The van der Waals surface area contributed by atoms with E-state index in [9.17, 15) is 0 Å². The summed E-state index contributed by atoms with van der Waals surface area (Å²) in [6.45, 7) is 1.99. The molecule has 0 bridgehead atoms. The average Bonchev–Trinajstić information content (AvgIpc) is 2.32. The maximum absolute atomic E-state index is 5.81. The molecule has 1 aromatic heterocycles. The van der Waals surface area contributed by atoms with Crippen LogP contribution < -0.4 is 10.5 Å². The monoisotopic (exact) mass is 384 g/mol. The first-order valence-corrected chi connectivity index (χ1v) is 7.45. The molecule has 0 fully saturated rings. The maximum atomic E-state index is 5.81. The van der Waals surface area contributed by atoms with Crippen LogP contribution in [-0.2, 0) is 6.42 Å². The van der Waals surface area contributed by atoms with Crippen molar-refractivity contribution in [2.45, 2.75) is 19.4 Å². The Hall–Kier alpha value is -0.910. The smallest absolute Gasteiger partial charge is 0.146 e. The molecule has 100 valence electrons. The highest BCUT2D eigenvalue weighted by atomic mass is 79.9. The largest absolute Gasteiger partial charge is 0.456 e. The molecule has 0 spiro atoms. The van der Waals surface area contributed by atoms with Gasteiger partial charge in [0.05, 0.1) is 6.20 Å². The SMILES string of the molecule is CC(N)Cc1ccc(Oc2cncc(Br)c2)cc1Br. The second-order valence-electron chi connectivity index (χ2n) is 4.38. The third kappa shape index (κ3) is 4.30. The second-order valence-corrected chi connectivity index (χ2v) is 6.15. The second kappa shape index (κ2) is 6.50. The summed E-state index contributed by atoms with van der Waals surface area (Å²) in [5.41, 5.74) is 6.98. The van der Waals surface area contributed by atoms with Crippen LogP contribution in [0.2, 0.25) is 0 Å². The average molecular weight is 386 g/mol. The first-order valence-electron chi connectivity index (χ1n) is 5.87. The van der Waals surface area contributed by atoms with Gasteiger partial charge in [-0.3, -0.25) is 4.98 Å². The lowest BCUT2D eigenvalue weighted by Gasteiger charge is -2.10. The van der Waals surface area contributed by atoms with Crippen molar-refractivity contribution in [1.82, 2.24) is 4.98 Å². The van der Waals surface area contributed by atoms with E-state index in [0.29, 0.717) is 5.75 Å². The Morgan fingerprint density at radius 2 is 2.00 bits per heavy atom. The molecular formula is C14H14Br2N2O. The number of rotatable bonds is 4. The van der Waals surface area contributed by atoms with Crippen LogP contribution in [0.3, 0.4) is 0 Å². The van der Waals surface area contributed by atoms with Gasteiger partial charge in [0.1, 0.15) is 11.5 Å². The number of ether oxygens (including phenoxy) is 1. The van der Waals surface area contributed by atoms with Crippen molar-refractivity contribution in [2.75, 3.05) is 0 Å². The van der Waals surface area contributed by atoms with Crippen molar-refractivity contribution in [1.29, 1.82) is 0 Å². The molecule has 0 saturated carbocycles. The molecule has 0 saturated heterocycles. The van der Waals surface area contributed by atoms with E-state index in [1.807, 2.05) is 31.2 Å². The normalized spacial score (nSPS) is 12.2. The van der Waals surface area contributed by atoms with Crippen LogP contribution in [0.4, 0.5) is 0 Å². The molecule has 19 heavy (non-hydrogen) atoms. The number of aromatic nitrogens is 1. The van der Waals surface area contributed by atoms with Gasteiger partial charge in [-0.2, -0.15) is 0 Å². The summed E-state index contributed by atoms with van der Waals surface area (Å²) in [6.07, 6.45) is 4.22. The van der Waals surface area contributed by atoms with Gasteiger partial charge in [0.25, 0.3) is 0 Å². The van der Waals surface area contributed by atoms with Crippen molar-refractivity contribution in [2.24, 2.45) is 5.73 Å². The Balaban J connectivity index is 2.16. The molecule has 2 rings (SSSR count). The van der Waals surface area contributed by atoms with E-state index in [1.165, 1.54) is 5.56 Å². The Bertz CT molecular complexity index is 573. The van der Waals surface area contributed by atoms with Crippen LogP contribution in [-0.4, -0.2) is 11.0 Å². The molecule has 1 unspecified atom stereocenters. The van der Waals surface area contributed by atoms with Gasteiger partial charge < -0.3 is 10.5 Å². The quantitative estimate of drug-likeness (QED) is 0.853. The summed E-state index contributed by atoms with van der Waals surface area (Å²) in [7, 11) is 0. The molecule has 1 atom stereocenters. The van der Waals surface area contributed by atoms with Gasteiger partial charge in [-0.25, -0.2) is 0 Å². The topological polar surface area (TPSA) is 48.1 Å². The van der Waals surface area contributed by atoms with E-state index in [4.69, 9.17) is 10.5 Å². The van der Waals surface area contributed by atoms with Gasteiger partial charge in [0.15, 0.2) is 0 Å². The number of pyridine rings is 1. The summed E-state index contributed by atoms with van der Waals surface area (Å²) in [5.74, 6) is 1.46. The number of nitrogens with two attached hydrogens (primary N) is 1. The van der Waals surface area contributed by atoms with Crippen LogP contribution >= 0.6 is 31.9 Å². The van der Waals surface area contributed by atoms with Gasteiger partial charge in [0.2, 0.25) is 0 Å². The molecule has 0 amide bonds. The Morgan fingerprint density at radius 1 is 1.21 bits per heavy atom. The minimum absolute atomic E-state index is 0.136. The molecule has 2 aromatic rings. The van der Waals surface area contributed by atoms with Crippen molar-refractivity contribution >= 4 is 31.9 Å². The predicted octanol–water partition coefficient (Wildman–Crippen LogP) is 4.29. The number of halogens is 2. The van der Waals surface area contributed by atoms with Crippen LogP contribution in [0.5, 0.6) is 11.5 Å². The first-order chi connectivity index (χ1) is 9.04. The van der Waals surface area contributed by atoms with Crippen LogP contribution in [0.25, 0.3) is 0 Å². The highest BCUT2D eigenvalue weighted by Crippen LogP contribution is 2.28. The number of hydrogen-bond donors (Lipinski definition) is 1. The van der Waals surface area contributed by atoms with E-state index >= 15 is 0 Å². The van der Waals surface area contributed by atoms with Crippen molar-refractivity contribution < 1.29 is 4.74 Å². The molecule has 0 aliphatic heterocycles. The molecule has 2 N–H and O–H groups in total. The van der Waals surface area contributed by atoms with Gasteiger partial charge in [-0.05, 0) is 53.0 Å². The van der Waals surface area contributed by atoms with Crippen LogP contribution in [0.1, 0.15) is 12.5 Å². The lowest BCUT2D eigenvalue weighted by Crippen LogP contribution is -2.17. The van der Waals surface area contributed by atoms with Gasteiger partial charge >= 0.3 is 0 Å². The molecule has 1 aromatic carbocycles. The van der Waals surface area contributed by atoms with E-state index in [-0.39, 0.29) is 6.04 Å². The van der Waals surface area contributed by atoms with Crippen molar-refractivity contribution in [3.63, 3.8) is 0 Å². The highest BCUT2D eigenvalue weighted by Gasteiger charge is 2.06. The fourth-order valence-electron chi connectivity index (χ4n) is 1.69. The fourth-order valence-corrected chi connectivity index (χ4v) is 2.55. The van der Waals surface area contributed by atoms with Gasteiger partial charge in [-0.1, -0.05) is 22.0 Å². The third-order valence-electron chi connectivity index (χ3n) is 2.48. The molecule has 0 radical (unpaired) electrons. The lowest BCUT2D eigenvalue weighted by molar-refractivity contribution is 0.479. The number of benzene rings is 1. The van der Waals surface area contributed by atoms with Gasteiger partial charge in [-0.15, -0.1) is 0 Å². The van der Waals surface area contributed by atoms with E-state index in [2.05, 4.69) is 36.8 Å². The summed E-state index contributed by atoms with van der Waals surface area (Å²) in [6, 6.07) is 7.91. The van der Waals surface area contributed by atoms with Crippen molar-refractivity contribution in [3.05, 3.63) is 51.2 Å². The predicted molar refractivity (Wildman–Crippen MR) is 83.5 cm³/mol. The molecular weight excluding hydrogens is 372 g/mol. The summed E-state index contributed by atoms with van der Waals surface area (Å²) >= 11 is 6.91. The molecule has 5 heteroatoms. The summed E-state index contributed by atoms with van der Waals surface area (Å²) in [4.78, 5) is 4.06. The summed E-state index contributed by atoms with van der Waals surface area (Å²) < 4.78 is 7.64.